The summed E-state index contributed by atoms with van der Waals surface area (Å²) in [6.07, 6.45) is 4.31. The molecule has 1 aromatic carbocycles. The van der Waals surface area contributed by atoms with Crippen LogP contribution in [-0.2, 0) is 15.1 Å². The van der Waals surface area contributed by atoms with E-state index in [1.807, 2.05) is 41.0 Å². The highest BCUT2D eigenvalue weighted by Crippen LogP contribution is 2.48. The van der Waals surface area contributed by atoms with E-state index in [1.165, 1.54) is 7.11 Å². The first kappa shape index (κ1) is 16.6. The Hall–Kier alpha value is -2.82. The van der Waals surface area contributed by atoms with Crippen molar-refractivity contribution < 1.29 is 19.4 Å². The van der Waals surface area contributed by atoms with Crippen molar-refractivity contribution in [3.05, 3.63) is 59.5 Å². The van der Waals surface area contributed by atoms with Crippen LogP contribution < -0.4 is 0 Å². The lowest BCUT2D eigenvalue weighted by atomic mass is 9.75. The number of ketones is 1. The molecule has 2 aromatic rings. The quantitative estimate of drug-likeness (QED) is 0.656. The highest BCUT2D eigenvalue weighted by Gasteiger charge is 2.49. The SMILES string of the molecule is COC(=O)C1=C(O)C2(CCCCC2)n2c(ccc2-c2ccccc2)C1=O. The third-order valence-corrected chi connectivity index (χ3v) is 5.59. The number of rotatable bonds is 2. The molecule has 0 bridgehead atoms. The number of aliphatic hydroxyl groups is 1. The van der Waals surface area contributed by atoms with E-state index in [2.05, 4.69) is 0 Å². The molecule has 26 heavy (non-hydrogen) atoms. The molecular formula is C21H21NO4. The lowest BCUT2D eigenvalue weighted by Gasteiger charge is -2.43. The number of allylic oxidation sites excluding steroid dienone is 1. The van der Waals surface area contributed by atoms with Crippen LogP contribution >= 0.6 is 0 Å². The largest absolute Gasteiger partial charge is 0.509 e. The zero-order valence-electron chi connectivity index (χ0n) is 14.7. The summed E-state index contributed by atoms with van der Waals surface area (Å²) in [5, 5.41) is 11.1. The summed E-state index contributed by atoms with van der Waals surface area (Å²) in [5.74, 6) is -1.39. The number of hydrogen-bond acceptors (Lipinski definition) is 4. The number of carbonyl (C=O) groups excluding carboxylic acids is 2. The van der Waals surface area contributed by atoms with Gasteiger partial charge in [-0.3, -0.25) is 4.79 Å². The number of carbonyl (C=O) groups is 2. The van der Waals surface area contributed by atoms with E-state index >= 15 is 0 Å². The van der Waals surface area contributed by atoms with Crippen LogP contribution in [0.1, 0.15) is 42.6 Å². The van der Waals surface area contributed by atoms with Gasteiger partial charge in [0.25, 0.3) is 0 Å². The lowest BCUT2D eigenvalue weighted by Crippen LogP contribution is -2.45. The molecule has 5 heteroatoms. The molecule has 0 radical (unpaired) electrons. The fraction of sp³-hybridized carbons (Fsp3) is 0.333. The minimum Gasteiger partial charge on any atom is -0.509 e. The summed E-state index contributed by atoms with van der Waals surface area (Å²) in [6, 6.07) is 13.5. The number of esters is 1. The van der Waals surface area contributed by atoms with Crippen LogP contribution in [0.4, 0.5) is 0 Å². The molecule has 1 fully saturated rings. The maximum Gasteiger partial charge on any atom is 0.345 e. The molecule has 5 nitrogen and oxygen atoms in total. The maximum atomic E-state index is 13.0. The van der Waals surface area contributed by atoms with Crippen LogP contribution in [0, 0.1) is 0 Å². The molecule has 0 unspecified atom stereocenters. The number of ether oxygens (including phenoxy) is 1. The average Bonchev–Trinajstić information content (AvgIpc) is 3.14. The van der Waals surface area contributed by atoms with Gasteiger partial charge in [0.1, 0.15) is 16.9 Å². The number of hydrogen-bond donors (Lipinski definition) is 1. The van der Waals surface area contributed by atoms with Crippen LogP contribution in [0.5, 0.6) is 0 Å². The van der Waals surface area contributed by atoms with Crippen LogP contribution in [0.25, 0.3) is 11.3 Å². The molecular weight excluding hydrogens is 330 g/mol. The standard InChI is InChI=1S/C21H21NO4/c1-26-20(25)17-18(23)16-11-10-15(14-8-4-2-5-9-14)22(16)21(19(17)24)12-6-3-7-13-21/h2,4-5,8-11,24H,3,6-7,12-13H2,1H3. The highest BCUT2D eigenvalue weighted by atomic mass is 16.5. The number of methoxy groups -OCH3 is 1. The van der Waals surface area contributed by atoms with Gasteiger partial charge in [0.05, 0.1) is 12.8 Å². The fourth-order valence-corrected chi connectivity index (χ4v) is 4.37. The van der Waals surface area contributed by atoms with Crippen molar-refractivity contribution in [2.24, 2.45) is 0 Å². The van der Waals surface area contributed by atoms with Crippen LogP contribution in [-0.4, -0.2) is 28.5 Å². The van der Waals surface area contributed by atoms with Crippen LogP contribution in [0.2, 0.25) is 0 Å². The normalized spacial score (nSPS) is 18.7. The monoisotopic (exact) mass is 351 g/mol. The van der Waals surface area contributed by atoms with E-state index in [0.717, 1.165) is 30.5 Å². The number of nitrogens with zero attached hydrogens (tertiary/aromatic N) is 1. The van der Waals surface area contributed by atoms with Crippen LogP contribution in [0.3, 0.4) is 0 Å². The Balaban J connectivity index is 1.99. The second-order valence-electron chi connectivity index (χ2n) is 6.94. The first-order valence-electron chi connectivity index (χ1n) is 8.94. The van der Waals surface area contributed by atoms with E-state index in [9.17, 15) is 14.7 Å². The number of Topliss-reactive ketones (excluding diaryl/α,β-unsaturated/α-hetero) is 1. The predicted molar refractivity (Wildman–Crippen MR) is 96.9 cm³/mol. The van der Waals surface area contributed by atoms with E-state index < -0.39 is 17.3 Å². The number of fused-ring (bicyclic) bond motifs is 2. The van der Waals surface area contributed by atoms with Gasteiger partial charge in [-0.05, 0) is 30.5 Å². The molecule has 4 rings (SSSR count). The molecule has 1 aliphatic heterocycles. The first-order chi connectivity index (χ1) is 12.6. The Labute approximate surface area is 151 Å². The van der Waals surface area contributed by atoms with Gasteiger partial charge in [-0.1, -0.05) is 49.6 Å². The number of aliphatic hydroxyl groups excluding tert-OH is 1. The first-order valence-corrected chi connectivity index (χ1v) is 8.94. The number of aromatic nitrogens is 1. The van der Waals surface area contributed by atoms with Crippen LogP contribution in [0.15, 0.2) is 53.8 Å². The van der Waals surface area contributed by atoms with Crippen molar-refractivity contribution in [3.8, 4) is 11.3 Å². The molecule has 1 N–H and O–H groups in total. The second-order valence-corrected chi connectivity index (χ2v) is 6.94. The Bertz CT molecular complexity index is 901. The van der Waals surface area contributed by atoms with Crippen molar-refractivity contribution in [1.29, 1.82) is 0 Å². The summed E-state index contributed by atoms with van der Waals surface area (Å²) < 4.78 is 6.73. The lowest BCUT2D eigenvalue weighted by molar-refractivity contribution is -0.136. The zero-order chi connectivity index (χ0) is 18.3. The average molecular weight is 351 g/mol. The Kier molecular flexibility index (Phi) is 3.94. The van der Waals surface area contributed by atoms with Crippen molar-refractivity contribution in [2.75, 3.05) is 7.11 Å². The van der Waals surface area contributed by atoms with Gasteiger partial charge >= 0.3 is 5.97 Å². The molecule has 1 aromatic heterocycles. The molecule has 1 aliphatic carbocycles. The Morgan fingerprint density at radius 2 is 1.69 bits per heavy atom. The second kappa shape index (κ2) is 6.16. The van der Waals surface area contributed by atoms with Gasteiger partial charge in [-0.2, -0.15) is 0 Å². The van der Waals surface area contributed by atoms with Gasteiger partial charge in [0, 0.05) is 5.69 Å². The van der Waals surface area contributed by atoms with Gasteiger partial charge in [-0.25, -0.2) is 4.79 Å². The molecule has 0 amide bonds. The highest BCUT2D eigenvalue weighted by molar-refractivity contribution is 6.25. The van der Waals surface area contributed by atoms with Crippen molar-refractivity contribution >= 4 is 11.8 Å². The topological polar surface area (TPSA) is 68.5 Å². The van der Waals surface area contributed by atoms with Gasteiger partial charge in [-0.15, -0.1) is 0 Å². The zero-order valence-corrected chi connectivity index (χ0v) is 14.7. The minimum atomic E-state index is -0.772. The molecule has 0 atom stereocenters. The summed E-state index contributed by atoms with van der Waals surface area (Å²) in [6.45, 7) is 0. The fourth-order valence-electron chi connectivity index (χ4n) is 4.37. The molecule has 2 aliphatic rings. The van der Waals surface area contributed by atoms with Crippen molar-refractivity contribution in [2.45, 2.75) is 37.6 Å². The smallest absolute Gasteiger partial charge is 0.345 e. The van der Waals surface area contributed by atoms with E-state index in [-0.39, 0.29) is 11.3 Å². The Morgan fingerprint density at radius 3 is 2.35 bits per heavy atom. The molecule has 0 saturated heterocycles. The molecule has 1 saturated carbocycles. The van der Waals surface area contributed by atoms with Crippen molar-refractivity contribution in [3.63, 3.8) is 0 Å². The van der Waals surface area contributed by atoms with E-state index in [4.69, 9.17) is 4.74 Å². The van der Waals surface area contributed by atoms with Gasteiger partial charge in [0.2, 0.25) is 5.78 Å². The predicted octanol–water partition coefficient (Wildman–Crippen LogP) is 4.00. The maximum absolute atomic E-state index is 13.0. The summed E-state index contributed by atoms with van der Waals surface area (Å²) in [7, 11) is 1.23. The molecule has 2 heterocycles. The Morgan fingerprint density at radius 1 is 1.04 bits per heavy atom. The van der Waals surface area contributed by atoms with Gasteiger partial charge in [0.15, 0.2) is 0 Å². The molecule has 1 spiro atoms. The summed E-state index contributed by atoms with van der Waals surface area (Å²) >= 11 is 0. The number of benzene rings is 1. The summed E-state index contributed by atoms with van der Waals surface area (Å²) in [5.41, 5.74) is 1.31. The van der Waals surface area contributed by atoms with E-state index in [0.29, 0.717) is 18.5 Å². The van der Waals surface area contributed by atoms with Gasteiger partial charge < -0.3 is 14.4 Å². The molecule has 134 valence electrons. The summed E-state index contributed by atoms with van der Waals surface area (Å²) in [4.78, 5) is 25.2. The van der Waals surface area contributed by atoms with Crippen molar-refractivity contribution in [1.82, 2.24) is 4.57 Å². The third kappa shape index (κ3) is 2.23. The third-order valence-electron chi connectivity index (χ3n) is 5.59. The van der Waals surface area contributed by atoms with E-state index in [1.54, 1.807) is 6.07 Å². The minimum absolute atomic E-state index is 0.144.